The van der Waals surface area contributed by atoms with Crippen molar-refractivity contribution in [1.82, 2.24) is 10.2 Å². The van der Waals surface area contributed by atoms with Gasteiger partial charge < -0.3 is 10.2 Å². The van der Waals surface area contributed by atoms with Crippen LogP contribution in [0.2, 0.25) is 0 Å². The van der Waals surface area contributed by atoms with Crippen molar-refractivity contribution in [3.8, 4) is 0 Å². The molecule has 1 amide bonds. The van der Waals surface area contributed by atoms with E-state index < -0.39 is 0 Å². The zero-order valence-corrected chi connectivity index (χ0v) is 9.76. The summed E-state index contributed by atoms with van der Waals surface area (Å²) in [4.78, 5) is 13.6. The summed E-state index contributed by atoms with van der Waals surface area (Å²) in [5, 5.41) is 3.09. The largest absolute Gasteiger partial charge is 0.338 e. The number of carbonyl (C=O) groups excluding carboxylic acids is 1. The maximum atomic E-state index is 11.6. The van der Waals surface area contributed by atoms with E-state index in [1.807, 2.05) is 4.90 Å². The second kappa shape index (κ2) is 4.30. The first-order chi connectivity index (χ1) is 6.40. The van der Waals surface area contributed by atoms with Crippen molar-refractivity contribution in [2.45, 2.75) is 40.2 Å². The maximum Gasteiger partial charge on any atom is 0.236 e. The predicted molar refractivity (Wildman–Crippen MR) is 58.1 cm³/mol. The molecule has 0 saturated carbocycles. The maximum absolute atomic E-state index is 11.6. The molecule has 0 radical (unpaired) electrons. The monoisotopic (exact) mass is 198 g/mol. The summed E-state index contributed by atoms with van der Waals surface area (Å²) in [6, 6.07) is 0.365. The van der Waals surface area contributed by atoms with Gasteiger partial charge in [0.05, 0.1) is 6.54 Å². The molecule has 3 heteroatoms. The molecule has 14 heavy (non-hydrogen) atoms. The highest BCUT2D eigenvalue weighted by molar-refractivity contribution is 5.79. The van der Waals surface area contributed by atoms with Crippen LogP contribution in [0.5, 0.6) is 0 Å². The summed E-state index contributed by atoms with van der Waals surface area (Å²) in [5.41, 5.74) is 0.296. The van der Waals surface area contributed by atoms with Crippen molar-refractivity contribution in [2.24, 2.45) is 5.41 Å². The minimum Gasteiger partial charge on any atom is -0.338 e. The first-order valence-electron chi connectivity index (χ1n) is 5.40. The number of hydrogen-bond donors (Lipinski definition) is 1. The fraction of sp³-hybridized carbons (Fsp3) is 0.909. The molecule has 0 aliphatic carbocycles. The topological polar surface area (TPSA) is 32.3 Å². The number of amides is 1. The number of nitrogens with zero attached hydrogens (tertiary/aromatic N) is 1. The van der Waals surface area contributed by atoms with Gasteiger partial charge in [-0.05, 0) is 18.8 Å². The molecule has 1 unspecified atom stereocenters. The van der Waals surface area contributed by atoms with E-state index in [-0.39, 0.29) is 5.91 Å². The first-order valence-corrected chi connectivity index (χ1v) is 5.40. The van der Waals surface area contributed by atoms with Gasteiger partial charge in [0.25, 0.3) is 0 Å². The molecule has 82 valence electrons. The van der Waals surface area contributed by atoms with E-state index in [2.05, 4.69) is 33.0 Å². The molecule has 1 N–H and O–H groups in total. The van der Waals surface area contributed by atoms with Gasteiger partial charge in [0.2, 0.25) is 5.91 Å². The normalized spacial score (nSPS) is 21.1. The van der Waals surface area contributed by atoms with Crippen LogP contribution in [0.3, 0.4) is 0 Å². The van der Waals surface area contributed by atoms with E-state index in [4.69, 9.17) is 0 Å². The third-order valence-corrected chi connectivity index (χ3v) is 2.57. The third kappa shape index (κ3) is 3.29. The Morgan fingerprint density at radius 3 is 2.64 bits per heavy atom. The minimum atomic E-state index is 0.244. The molecule has 0 aromatic carbocycles. The highest BCUT2D eigenvalue weighted by atomic mass is 16.2. The van der Waals surface area contributed by atoms with E-state index in [1.165, 1.54) is 0 Å². The molecule has 0 aromatic heterocycles. The van der Waals surface area contributed by atoms with Crippen molar-refractivity contribution in [3.05, 3.63) is 0 Å². The van der Waals surface area contributed by atoms with Crippen LogP contribution >= 0.6 is 0 Å². The Balaban J connectivity index is 2.50. The fourth-order valence-corrected chi connectivity index (χ4v) is 2.08. The third-order valence-electron chi connectivity index (χ3n) is 2.57. The Morgan fingerprint density at radius 1 is 1.50 bits per heavy atom. The Kier molecular flexibility index (Phi) is 3.53. The lowest BCUT2D eigenvalue weighted by Gasteiger charge is -2.36. The van der Waals surface area contributed by atoms with E-state index in [0.29, 0.717) is 18.0 Å². The highest BCUT2D eigenvalue weighted by Gasteiger charge is 2.25. The molecule has 1 saturated heterocycles. The molecular formula is C11H22N2O. The molecule has 1 aliphatic heterocycles. The van der Waals surface area contributed by atoms with E-state index in [0.717, 1.165) is 19.5 Å². The van der Waals surface area contributed by atoms with Crippen LogP contribution in [0.25, 0.3) is 0 Å². The van der Waals surface area contributed by atoms with Crippen molar-refractivity contribution >= 4 is 5.91 Å². The smallest absolute Gasteiger partial charge is 0.236 e. The van der Waals surface area contributed by atoms with Crippen LogP contribution < -0.4 is 5.32 Å². The number of rotatable bonds is 2. The lowest BCUT2D eigenvalue weighted by atomic mass is 9.88. The van der Waals surface area contributed by atoms with E-state index in [1.54, 1.807) is 0 Å². The number of nitrogens with one attached hydrogen (secondary N) is 1. The van der Waals surface area contributed by atoms with Crippen LogP contribution in [0, 0.1) is 5.41 Å². The summed E-state index contributed by atoms with van der Waals surface area (Å²) in [7, 11) is 0. The minimum absolute atomic E-state index is 0.244. The van der Waals surface area contributed by atoms with Crippen molar-refractivity contribution in [3.63, 3.8) is 0 Å². The van der Waals surface area contributed by atoms with Crippen LogP contribution in [0.1, 0.15) is 34.1 Å². The Morgan fingerprint density at radius 2 is 2.14 bits per heavy atom. The quantitative estimate of drug-likeness (QED) is 0.724. The molecule has 1 rings (SSSR count). The Bertz CT molecular complexity index is 208. The van der Waals surface area contributed by atoms with Gasteiger partial charge in [-0.25, -0.2) is 0 Å². The van der Waals surface area contributed by atoms with Gasteiger partial charge in [0.15, 0.2) is 0 Å². The summed E-state index contributed by atoms with van der Waals surface area (Å²) in [6.45, 7) is 11.1. The van der Waals surface area contributed by atoms with Crippen LogP contribution in [0.15, 0.2) is 0 Å². The van der Waals surface area contributed by atoms with Crippen molar-refractivity contribution in [2.75, 3.05) is 19.6 Å². The molecule has 1 atom stereocenters. The second-order valence-electron chi connectivity index (χ2n) is 5.38. The molecular weight excluding hydrogens is 176 g/mol. The molecule has 1 aliphatic rings. The van der Waals surface area contributed by atoms with E-state index in [9.17, 15) is 4.79 Å². The predicted octanol–water partition coefficient (Wildman–Crippen LogP) is 1.24. The van der Waals surface area contributed by atoms with Gasteiger partial charge in [-0.1, -0.05) is 20.8 Å². The first kappa shape index (κ1) is 11.5. The summed E-state index contributed by atoms with van der Waals surface area (Å²) in [6.07, 6.45) is 1.07. The van der Waals surface area contributed by atoms with Gasteiger partial charge in [-0.15, -0.1) is 0 Å². The van der Waals surface area contributed by atoms with Crippen LogP contribution in [-0.2, 0) is 4.79 Å². The average Bonchev–Trinajstić information content (AvgIpc) is 2.01. The summed E-state index contributed by atoms with van der Waals surface area (Å²) >= 11 is 0. The highest BCUT2D eigenvalue weighted by Crippen LogP contribution is 2.23. The molecule has 0 aromatic rings. The number of piperazine rings is 1. The van der Waals surface area contributed by atoms with Gasteiger partial charge >= 0.3 is 0 Å². The van der Waals surface area contributed by atoms with Crippen LogP contribution in [0.4, 0.5) is 0 Å². The van der Waals surface area contributed by atoms with Gasteiger partial charge in [-0.3, -0.25) is 4.79 Å². The molecule has 1 heterocycles. The van der Waals surface area contributed by atoms with Gasteiger partial charge in [0, 0.05) is 19.1 Å². The Hall–Kier alpha value is -0.570. The molecule has 0 spiro atoms. The SMILES string of the molecule is CC(CC(C)(C)C)N1CCNCC1=O. The second-order valence-corrected chi connectivity index (χ2v) is 5.38. The molecule has 0 bridgehead atoms. The summed E-state index contributed by atoms with van der Waals surface area (Å²) in [5.74, 6) is 0.244. The molecule has 3 nitrogen and oxygen atoms in total. The standard InChI is InChI=1S/C11H22N2O/c1-9(7-11(2,3)4)13-6-5-12-8-10(13)14/h9,12H,5-8H2,1-4H3. The zero-order chi connectivity index (χ0) is 10.8. The zero-order valence-electron chi connectivity index (χ0n) is 9.76. The lowest BCUT2D eigenvalue weighted by Crippen LogP contribution is -2.52. The molecule has 1 fully saturated rings. The lowest BCUT2D eigenvalue weighted by molar-refractivity contribution is -0.134. The van der Waals surface area contributed by atoms with Gasteiger partial charge in [-0.2, -0.15) is 0 Å². The number of hydrogen-bond acceptors (Lipinski definition) is 2. The van der Waals surface area contributed by atoms with Crippen LogP contribution in [-0.4, -0.2) is 36.5 Å². The van der Waals surface area contributed by atoms with Crippen molar-refractivity contribution < 1.29 is 4.79 Å². The van der Waals surface area contributed by atoms with Crippen molar-refractivity contribution in [1.29, 1.82) is 0 Å². The average molecular weight is 198 g/mol. The Labute approximate surface area is 86.9 Å². The van der Waals surface area contributed by atoms with Gasteiger partial charge in [0.1, 0.15) is 0 Å². The van der Waals surface area contributed by atoms with E-state index >= 15 is 0 Å². The summed E-state index contributed by atoms with van der Waals surface area (Å²) < 4.78 is 0. The fourth-order valence-electron chi connectivity index (χ4n) is 2.08. The number of carbonyl (C=O) groups is 1.